The third kappa shape index (κ3) is 5.54. The molecule has 0 bridgehead atoms. The van der Waals surface area contributed by atoms with Crippen LogP contribution in [0.3, 0.4) is 0 Å². The van der Waals surface area contributed by atoms with Crippen LogP contribution in [0.1, 0.15) is 10.4 Å². The molecule has 0 aromatic heterocycles. The van der Waals surface area contributed by atoms with Crippen molar-refractivity contribution in [1.82, 2.24) is 15.5 Å². The second-order valence-corrected chi connectivity index (χ2v) is 6.13. The Kier molecular flexibility index (Phi) is 7.07. The van der Waals surface area contributed by atoms with E-state index >= 15 is 0 Å². The maximum Gasteiger partial charge on any atom is 0.252 e. The van der Waals surface area contributed by atoms with Crippen LogP contribution in [0.5, 0.6) is 0 Å². The summed E-state index contributed by atoms with van der Waals surface area (Å²) < 4.78 is 6.13. The van der Waals surface area contributed by atoms with E-state index in [0.717, 1.165) is 36.4 Å². The van der Waals surface area contributed by atoms with E-state index in [1.54, 1.807) is 12.1 Å². The predicted molar refractivity (Wildman–Crippen MR) is 91.8 cm³/mol. The first-order chi connectivity index (χ1) is 10.7. The minimum Gasteiger partial charge on any atom is -0.379 e. The third-order valence-electron chi connectivity index (χ3n) is 3.38. The topological polar surface area (TPSA) is 70.7 Å². The molecule has 7 heteroatoms. The second kappa shape index (κ2) is 9.06. The van der Waals surface area contributed by atoms with Crippen molar-refractivity contribution >= 4 is 34.4 Å². The summed E-state index contributed by atoms with van der Waals surface area (Å²) in [5, 5.41) is 5.45. The summed E-state index contributed by atoms with van der Waals surface area (Å²) in [6.07, 6.45) is 0. The quantitative estimate of drug-likeness (QED) is 0.661. The zero-order valence-electron chi connectivity index (χ0n) is 12.3. The lowest BCUT2D eigenvalue weighted by atomic mass is 10.2. The van der Waals surface area contributed by atoms with E-state index in [1.807, 2.05) is 12.1 Å². The van der Waals surface area contributed by atoms with Gasteiger partial charge in [0, 0.05) is 29.7 Å². The summed E-state index contributed by atoms with van der Waals surface area (Å²) >= 11 is 2.10. The van der Waals surface area contributed by atoms with Gasteiger partial charge < -0.3 is 15.4 Å². The van der Waals surface area contributed by atoms with Crippen molar-refractivity contribution in [2.45, 2.75) is 0 Å². The molecule has 1 heterocycles. The van der Waals surface area contributed by atoms with Crippen molar-refractivity contribution in [2.75, 3.05) is 45.9 Å². The van der Waals surface area contributed by atoms with E-state index in [4.69, 9.17) is 4.74 Å². The largest absolute Gasteiger partial charge is 0.379 e. The molecule has 0 radical (unpaired) electrons. The van der Waals surface area contributed by atoms with Gasteiger partial charge in [-0.15, -0.1) is 0 Å². The summed E-state index contributed by atoms with van der Waals surface area (Å²) in [5.74, 6) is -0.402. The Morgan fingerprint density at radius 3 is 2.64 bits per heavy atom. The van der Waals surface area contributed by atoms with Crippen LogP contribution in [0.4, 0.5) is 0 Å². The van der Waals surface area contributed by atoms with Crippen molar-refractivity contribution in [3.63, 3.8) is 0 Å². The van der Waals surface area contributed by atoms with E-state index < -0.39 is 0 Å². The number of hydrogen-bond donors (Lipinski definition) is 2. The molecule has 0 unspecified atom stereocenters. The molecule has 0 aliphatic carbocycles. The average molecular weight is 417 g/mol. The lowest BCUT2D eigenvalue weighted by molar-refractivity contribution is -0.120. The summed E-state index contributed by atoms with van der Waals surface area (Å²) in [6, 6.07) is 7.28. The molecule has 0 spiro atoms. The van der Waals surface area contributed by atoms with Crippen molar-refractivity contribution in [3.8, 4) is 0 Å². The summed E-state index contributed by atoms with van der Waals surface area (Å²) in [6.45, 7) is 4.68. The molecule has 1 aliphatic rings. The van der Waals surface area contributed by atoms with Gasteiger partial charge in [-0.2, -0.15) is 0 Å². The Morgan fingerprint density at radius 2 is 1.91 bits per heavy atom. The highest BCUT2D eigenvalue weighted by atomic mass is 127. The van der Waals surface area contributed by atoms with Gasteiger partial charge in [0.05, 0.1) is 25.3 Å². The van der Waals surface area contributed by atoms with Crippen LogP contribution in [-0.4, -0.2) is 62.7 Å². The van der Waals surface area contributed by atoms with Crippen LogP contribution < -0.4 is 10.6 Å². The number of ether oxygens (including phenoxy) is 1. The molecule has 1 aromatic carbocycles. The van der Waals surface area contributed by atoms with Gasteiger partial charge in [0.25, 0.3) is 5.91 Å². The predicted octanol–water partition coefficient (Wildman–Crippen LogP) is 0.469. The third-order valence-corrected chi connectivity index (χ3v) is 4.32. The highest BCUT2D eigenvalue weighted by molar-refractivity contribution is 14.1. The second-order valence-electron chi connectivity index (χ2n) is 4.97. The normalized spacial score (nSPS) is 15.3. The fourth-order valence-corrected chi connectivity index (χ4v) is 2.77. The van der Waals surface area contributed by atoms with Crippen LogP contribution in [0.2, 0.25) is 0 Å². The highest BCUT2D eigenvalue weighted by Crippen LogP contribution is 2.10. The first-order valence-corrected chi connectivity index (χ1v) is 8.34. The SMILES string of the molecule is O=C(CNC(=O)c1ccccc1I)NCCN1CCOCC1. The molecular weight excluding hydrogens is 397 g/mol. The smallest absolute Gasteiger partial charge is 0.252 e. The number of morpholine rings is 1. The summed E-state index contributed by atoms with van der Waals surface area (Å²) in [7, 11) is 0. The molecule has 1 fully saturated rings. The van der Waals surface area contributed by atoms with Gasteiger partial charge in [-0.25, -0.2) is 0 Å². The first kappa shape index (κ1) is 17.2. The standard InChI is InChI=1S/C15H20IN3O3/c16-13-4-2-1-3-12(13)15(21)18-11-14(20)17-5-6-19-7-9-22-10-8-19/h1-4H,5-11H2,(H,17,20)(H,18,21). The molecule has 1 aliphatic heterocycles. The van der Waals surface area contributed by atoms with Crippen LogP contribution in [-0.2, 0) is 9.53 Å². The molecule has 2 N–H and O–H groups in total. The Bertz CT molecular complexity index is 519. The number of nitrogens with one attached hydrogen (secondary N) is 2. The summed E-state index contributed by atoms with van der Waals surface area (Å²) in [5.41, 5.74) is 0.587. The molecule has 2 amide bonds. The lowest BCUT2D eigenvalue weighted by Gasteiger charge is -2.26. The molecular formula is C15H20IN3O3. The number of halogens is 1. The number of rotatable bonds is 6. The van der Waals surface area contributed by atoms with Gasteiger partial charge in [0.2, 0.25) is 5.91 Å². The van der Waals surface area contributed by atoms with Crippen molar-refractivity contribution in [2.24, 2.45) is 0 Å². The zero-order valence-corrected chi connectivity index (χ0v) is 14.5. The van der Waals surface area contributed by atoms with Gasteiger partial charge in [-0.3, -0.25) is 14.5 Å². The fourth-order valence-electron chi connectivity index (χ4n) is 2.14. The minimum absolute atomic E-state index is 0.00703. The Balaban J connectivity index is 1.65. The molecule has 0 atom stereocenters. The Hall–Kier alpha value is -1.19. The Labute approximate surface area is 143 Å². The highest BCUT2D eigenvalue weighted by Gasteiger charge is 2.12. The molecule has 2 rings (SSSR count). The van der Waals surface area contributed by atoms with E-state index in [-0.39, 0.29) is 18.4 Å². The minimum atomic E-state index is -0.228. The van der Waals surface area contributed by atoms with Crippen LogP contribution >= 0.6 is 22.6 Å². The number of carbonyl (C=O) groups excluding carboxylic acids is 2. The van der Waals surface area contributed by atoms with E-state index in [0.29, 0.717) is 12.1 Å². The molecule has 0 saturated carbocycles. The molecule has 1 aromatic rings. The molecule has 22 heavy (non-hydrogen) atoms. The summed E-state index contributed by atoms with van der Waals surface area (Å²) in [4.78, 5) is 26.0. The maximum absolute atomic E-state index is 12.0. The van der Waals surface area contributed by atoms with Gasteiger partial charge >= 0.3 is 0 Å². The van der Waals surface area contributed by atoms with E-state index in [2.05, 4.69) is 38.1 Å². The van der Waals surface area contributed by atoms with Gasteiger partial charge in [0.1, 0.15) is 0 Å². The molecule has 120 valence electrons. The molecule has 1 saturated heterocycles. The van der Waals surface area contributed by atoms with Crippen LogP contribution in [0.15, 0.2) is 24.3 Å². The zero-order chi connectivity index (χ0) is 15.8. The van der Waals surface area contributed by atoms with Crippen LogP contribution in [0.25, 0.3) is 0 Å². The van der Waals surface area contributed by atoms with Gasteiger partial charge in [-0.1, -0.05) is 12.1 Å². The number of benzene rings is 1. The van der Waals surface area contributed by atoms with E-state index in [9.17, 15) is 9.59 Å². The fraction of sp³-hybridized carbons (Fsp3) is 0.467. The maximum atomic E-state index is 12.0. The van der Waals surface area contributed by atoms with Gasteiger partial charge in [-0.05, 0) is 34.7 Å². The van der Waals surface area contributed by atoms with Crippen LogP contribution in [0, 0.1) is 3.57 Å². The van der Waals surface area contributed by atoms with Crippen molar-refractivity contribution in [3.05, 3.63) is 33.4 Å². The first-order valence-electron chi connectivity index (χ1n) is 7.26. The van der Waals surface area contributed by atoms with E-state index in [1.165, 1.54) is 0 Å². The van der Waals surface area contributed by atoms with Crippen molar-refractivity contribution < 1.29 is 14.3 Å². The number of hydrogen-bond acceptors (Lipinski definition) is 4. The average Bonchev–Trinajstić information content (AvgIpc) is 2.54. The number of amides is 2. The van der Waals surface area contributed by atoms with Crippen molar-refractivity contribution in [1.29, 1.82) is 0 Å². The monoisotopic (exact) mass is 417 g/mol. The molecule has 6 nitrogen and oxygen atoms in total. The van der Waals surface area contributed by atoms with Gasteiger partial charge in [0.15, 0.2) is 0 Å². The Morgan fingerprint density at radius 1 is 1.18 bits per heavy atom. The number of carbonyl (C=O) groups is 2. The number of nitrogens with zero attached hydrogens (tertiary/aromatic N) is 1. The lowest BCUT2D eigenvalue weighted by Crippen LogP contribution is -2.43.